The Labute approximate surface area is 190 Å². The maximum absolute atomic E-state index is 13.0. The number of ether oxygens (including phenoxy) is 1. The van der Waals surface area contributed by atoms with E-state index in [2.05, 4.69) is 9.55 Å². The number of hydrogen-bond acceptors (Lipinski definition) is 3. The van der Waals surface area contributed by atoms with Crippen molar-refractivity contribution in [2.24, 2.45) is 0 Å². The Balaban J connectivity index is 1.60. The average Bonchev–Trinajstić information content (AvgIpc) is 3.48. The van der Waals surface area contributed by atoms with E-state index >= 15 is 0 Å². The Bertz CT molecular complexity index is 992. The molecule has 0 N–H and O–H groups in total. The summed E-state index contributed by atoms with van der Waals surface area (Å²) < 4.78 is 46.4. The minimum Gasteiger partial charge on any atom is -0.444 e. The molecule has 1 fully saturated rings. The number of fused-ring (bicyclic) bond motifs is 1. The first-order chi connectivity index (χ1) is 14.9. The summed E-state index contributed by atoms with van der Waals surface area (Å²) in [5.74, 6) is 1.37. The van der Waals surface area contributed by atoms with Crippen molar-refractivity contribution < 1.29 is 22.7 Å². The number of hydrogen-bond donors (Lipinski definition) is 0. The molecule has 1 aromatic heterocycles. The predicted octanol–water partition coefficient (Wildman–Crippen LogP) is 6.36. The third-order valence-corrected chi connectivity index (χ3v) is 6.08. The number of amides is 1. The Morgan fingerprint density at radius 3 is 2.38 bits per heavy atom. The van der Waals surface area contributed by atoms with Crippen molar-refractivity contribution in [1.82, 2.24) is 14.5 Å². The lowest BCUT2D eigenvalue weighted by molar-refractivity contribution is -0.137. The van der Waals surface area contributed by atoms with Gasteiger partial charge in [-0.2, -0.15) is 13.2 Å². The fraction of sp³-hybridized carbons (Fsp3) is 0.565. The van der Waals surface area contributed by atoms with Gasteiger partial charge in [0.05, 0.1) is 17.3 Å². The van der Waals surface area contributed by atoms with Gasteiger partial charge < -0.3 is 9.30 Å². The topological polar surface area (TPSA) is 47.4 Å². The lowest BCUT2D eigenvalue weighted by atomic mass is 9.99. The van der Waals surface area contributed by atoms with Crippen molar-refractivity contribution in [2.45, 2.75) is 76.7 Å². The molecule has 0 spiro atoms. The van der Waals surface area contributed by atoms with E-state index in [0.29, 0.717) is 37.0 Å². The number of alkyl halides is 3. The fourth-order valence-corrected chi connectivity index (χ4v) is 4.48. The van der Waals surface area contributed by atoms with E-state index < -0.39 is 23.4 Å². The highest BCUT2D eigenvalue weighted by Crippen LogP contribution is 2.44. The van der Waals surface area contributed by atoms with Gasteiger partial charge in [-0.15, -0.1) is 0 Å². The lowest BCUT2D eigenvalue weighted by Gasteiger charge is -2.38. The van der Waals surface area contributed by atoms with Gasteiger partial charge in [0.2, 0.25) is 0 Å². The predicted molar refractivity (Wildman–Crippen MR) is 115 cm³/mol. The maximum atomic E-state index is 13.0. The molecule has 32 heavy (non-hydrogen) atoms. The molecule has 174 valence electrons. The second-order valence-corrected chi connectivity index (χ2v) is 9.85. The molecule has 1 atom stereocenters. The number of aromatic nitrogens is 2. The monoisotopic (exact) mass is 469 g/mol. The Hall–Kier alpha value is -2.22. The van der Waals surface area contributed by atoms with Gasteiger partial charge in [0.1, 0.15) is 11.4 Å². The van der Waals surface area contributed by atoms with Gasteiger partial charge in [0, 0.05) is 19.0 Å². The van der Waals surface area contributed by atoms with Crippen LogP contribution in [-0.4, -0.2) is 32.7 Å². The molecular formula is C23H27ClF3N3O2. The van der Waals surface area contributed by atoms with Crippen LogP contribution in [0, 0.1) is 0 Å². The summed E-state index contributed by atoms with van der Waals surface area (Å²) in [5.41, 5.74) is 0.231. The van der Waals surface area contributed by atoms with Crippen LogP contribution >= 0.6 is 11.6 Å². The molecule has 2 heterocycles. The number of carbonyl (C=O) groups is 1. The molecule has 1 saturated carbocycles. The van der Waals surface area contributed by atoms with Crippen molar-refractivity contribution >= 4 is 17.7 Å². The van der Waals surface area contributed by atoms with Crippen molar-refractivity contribution in [3.05, 3.63) is 52.1 Å². The van der Waals surface area contributed by atoms with E-state index in [4.69, 9.17) is 16.3 Å². The number of halogens is 4. The second-order valence-electron chi connectivity index (χ2n) is 9.49. The van der Waals surface area contributed by atoms with E-state index in [-0.39, 0.29) is 6.04 Å². The minimum atomic E-state index is -4.37. The summed E-state index contributed by atoms with van der Waals surface area (Å²) in [5, 5.41) is 0.387. The summed E-state index contributed by atoms with van der Waals surface area (Å²) in [7, 11) is 0. The number of benzene rings is 1. The zero-order valence-electron chi connectivity index (χ0n) is 18.4. The number of nitrogens with zero attached hydrogens (tertiary/aromatic N) is 3. The summed E-state index contributed by atoms with van der Waals surface area (Å²) in [6.45, 7) is 6.50. The number of rotatable bonds is 4. The summed E-state index contributed by atoms with van der Waals surface area (Å²) in [6, 6.07) is 4.78. The largest absolute Gasteiger partial charge is 0.444 e. The van der Waals surface area contributed by atoms with Crippen LogP contribution in [0.5, 0.6) is 0 Å². The molecule has 1 aliphatic heterocycles. The number of imidazole rings is 1. The third kappa shape index (κ3) is 4.90. The van der Waals surface area contributed by atoms with Crippen molar-refractivity contribution in [2.75, 3.05) is 6.54 Å². The molecule has 1 unspecified atom stereocenters. The zero-order chi connectivity index (χ0) is 23.3. The molecular weight excluding hydrogens is 443 g/mol. The van der Waals surface area contributed by atoms with E-state index in [0.717, 1.165) is 42.1 Å². The highest BCUT2D eigenvalue weighted by atomic mass is 35.5. The Kier molecular flexibility index (Phi) is 5.94. The van der Waals surface area contributed by atoms with E-state index in [9.17, 15) is 18.0 Å². The molecule has 0 saturated heterocycles. The van der Waals surface area contributed by atoms with Crippen molar-refractivity contribution in [3.63, 3.8) is 0 Å². The van der Waals surface area contributed by atoms with Crippen LogP contribution in [-0.2, 0) is 23.9 Å². The smallest absolute Gasteiger partial charge is 0.416 e. The molecule has 9 heteroatoms. The van der Waals surface area contributed by atoms with Crippen LogP contribution in [0.3, 0.4) is 0 Å². The van der Waals surface area contributed by atoms with Gasteiger partial charge in [0.15, 0.2) is 5.15 Å². The first-order valence-corrected chi connectivity index (χ1v) is 11.2. The highest BCUT2D eigenvalue weighted by molar-refractivity contribution is 6.30. The normalized spacial score (nSPS) is 19.1. The standard InChI is InChI=1S/C23H27ClF3N3O2/c1-22(2,3)32-21(31)29-12-13-30-18(19(24)28-20(30)15-7-8-15)17(29)11-6-14-4-9-16(10-5-14)23(25,26)27/h4-5,9-10,15,17H,6-8,11-13H2,1-3H3. The van der Waals surface area contributed by atoms with Crippen LogP contribution in [0.25, 0.3) is 0 Å². The number of aryl methyl sites for hydroxylation is 1. The quantitative estimate of drug-likeness (QED) is 0.523. The molecule has 1 aliphatic carbocycles. The highest BCUT2D eigenvalue weighted by Gasteiger charge is 2.40. The Morgan fingerprint density at radius 1 is 1.16 bits per heavy atom. The SMILES string of the molecule is CC(C)(C)OC(=O)N1CCn2c(C3CC3)nc(Cl)c2C1CCc1ccc(C(F)(F)F)cc1. The molecule has 1 amide bonds. The molecule has 2 aliphatic rings. The van der Waals surface area contributed by atoms with E-state index in [1.807, 2.05) is 20.8 Å². The average molecular weight is 470 g/mol. The van der Waals surface area contributed by atoms with Gasteiger partial charge in [-0.1, -0.05) is 23.7 Å². The van der Waals surface area contributed by atoms with Crippen LogP contribution < -0.4 is 0 Å². The number of carbonyl (C=O) groups excluding carboxylic acids is 1. The van der Waals surface area contributed by atoms with E-state index in [1.54, 1.807) is 4.90 Å². The van der Waals surface area contributed by atoms with Crippen LogP contribution in [0.1, 0.15) is 74.6 Å². The minimum absolute atomic E-state index is 0.367. The first kappa shape index (κ1) is 23.0. The van der Waals surface area contributed by atoms with Crippen molar-refractivity contribution in [3.8, 4) is 0 Å². The van der Waals surface area contributed by atoms with Gasteiger partial charge in [-0.3, -0.25) is 4.90 Å². The van der Waals surface area contributed by atoms with E-state index in [1.165, 1.54) is 12.1 Å². The van der Waals surface area contributed by atoms with Gasteiger partial charge in [0.25, 0.3) is 0 Å². The van der Waals surface area contributed by atoms with Gasteiger partial charge >= 0.3 is 12.3 Å². The molecule has 0 radical (unpaired) electrons. The summed E-state index contributed by atoms with van der Waals surface area (Å²) >= 11 is 6.55. The molecule has 4 rings (SSSR count). The summed E-state index contributed by atoms with van der Waals surface area (Å²) in [4.78, 5) is 19.2. The lowest BCUT2D eigenvalue weighted by Crippen LogP contribution is -2.45. The second kappa shape index (κ2) is 8.28. The Morgan fingerprint density at radius 2 is 1.81 bits per heavy atom. The van der Waals surface area contributed by atoms with Crippen LogP contribution in [0.2, 0.25) is 5.15 Å². The van der Waals surface area contributed by atoms with Gasteiger partial charge in [-0.05, 0) is 64.2 Å². The molecule has 2 aromatic rings. The molecule has 0 bridgehead atoms. The maximum Gasteiger partial charge on any atom is 0.416 e. The third-order valence-electron chi connectivity index (χ3n) is 5.81. The first-order valence-electron chi connectivity index (χ1n) is 10.9. The fourth-order valence-electron chi connectivity index (χ4n) is 4.17. The summed E-state index contributed by atoms with van der Waals surface area (Å²) in [6.07, 6.45) is -1.64. The van der Waals surface area contributed by atoms with Crippen LogP contribution in [0.4, 0.5) is 18.0 Å². The molecule has 1 aromatic carbocycles. The zero-order valence-corrected chi connectivity index (χ0v) is 19.1. The van der Waals surface area contributed by atoms with Crippen molar-refractivity contribution in [1.29, 1.82) is 0 Å². The molecule has 5 nitrogen and oxygen atoms in total. The van der Waals surface area contributed by atoms with Gasteiger partial charge in [-0.25, -0.2) is 9.78 Å². The van der Waals surface area contributed by atoms with Crippen LogP contribution in [0.15, 0.2) is 24.3 Å².